The van der Waals surface area contributed by atoms with Gasteiger partial charge in [0.15, 0.2) is 0 Å². The molecule has 0 aliphatic rings. The number of non-ortho nitro benzene ring substituents is 1. The first-order valence-electron chi connectivity index (χ1n) is 8.35. The second kappa shape index (κ2) is 8.19. The largest absolute Gasteiger partial charge is 0.497 e. The van der Waals surface area contributed by atoms with E-state index in [4.69, 9.17) is 9.47 Å². The normalized spacial score (nSPS) is 11.1. The van der Waals surface area contributed by atoms with Crippen molar-refractivity contribution in [2.24, 2.45) is 0 Å². The van der Waals surface area contributed by atoms with Crippen molar-refractivity contribution in [1.29, 1.82) is 0 Å². The Morgan fingerprint density at radius 2 is 1.22 bits per heavy atom. The predicted molar refractivity (Wildman–Crippen MR) is 106 cm³/mol. The molecule has 0 aliphatic heterocycles. The summed E-state index contributed by atoms with van der Waals surface area (Å²) in [6.07, 6.45) is 2.04. The van der Waals surface area contributed by atoms with E-state index >= 15 is 0 Å². The molecule has 0 radical (unpaired) electrons. The minimum Gasteiger partial charge on any atom is -0.497 e. The smallest absolute Gasteiger partial charge is 0.269 e. The molecule has 136 valence electrons. The number of nitrogens with zero attached hydrogens (tertiary/aromatic N) is 1. The third-order valence-corrected chi connectivity index (χ3v) is 4.22. The van der Waals surface area contributed by atoms with Crippen LogP contribution in [-0.2, 0) is 0 Å². The molecule has 3 rings (SSSR count). The fraction of sp³-hybridized carbons (Fsp3) is 0.0909. The van der Waals surface area contributed by atoms with E-state index in [1.54, 1.807) is 26.4 Å². The lowest BCUT2D eigenvalue weighted by atomic mass is 9.95. The molecular weight excluding hydrogens is 342 g/mol. The first-order valence-corrected chi connectivity index (χ1v) is 8.35. The van der Waals surface area contributed by atoms with Crippen molar-refractivity contribution in [3.8, 4) is 11.5 Å². The molecule has 0 heterocycles. The first-order chi connectivity index (χ1) is 13.1. The maximum Gasteiger partial charge on any atom is 0.269 e. The van der Waals surface area contributed by atoms with Gasteiger partial charge in [-0.05, 0) is 64.7 Å². The van der Waals surface area contributed by atoms with Crippen LogP contribution >= 0.6 is 0 Å². The van der Waals surface area contributed by atoms with Gasteiger partial charge in [0.05, 0.1) is 19.1 Å². The minimum absolute atomic E-state index is 0.0669. The van der Waals surface area contributed by atoms with Crippen LogP contribution in [0.5, 0.6) is 11.5 Å². The molecule has 5 heteroatoms. The Morgan fingerprint density at radius 3 is 1.67 bits per heavy atom. The summed E-state index contributed by atoms with van der Waals surface area (Å²) >= 11 is 0. The molecule has 3 aromatic carbocycles. The molecule has 0 fully saturated rings. The fourth-order valence-corrected chi connectivity index (χ4v) is 2.73. The highest BCUT2D eigenvalue weighted by Gasteiger charge is 2.10. The van der Waals surface area contributed by atoms with E-state index in [0.29, 0.717) is 0 Å². The Hall–Kier alpha value is -3.60. The number of methoxy groups -OCH3 is 2. The van der Waals surface area contributed by atoms with Gasteiger partial charge in [-0.15, -0.1) is 0 Å². The van der Waals surface area contributed by atoms with E-state index in [9.17, 15) is 10.1 Å². The molecule has 0 N–H and O–H groups in total. The lowest BCUT2D eigenvalue weighted by Crippen LogP contribution is -1.92. The van der Waals surface area contributed by atoms with Gasteiger partial charge in [-0.25, -0.2) is 0 Å². The molecule has 0 saturated heterocycles. The summed E-state index contributed by atoms with van der Waals surface area (Å²) in [5.41, 5.74) is 3.90. The fourth-order valence-electron chi connectivity index (χ4n) is 2.73. The molecule has 0 atom stereocenters. The molecule has 0 aliphatic carbocycles. The van der Waals surface area contributed by atoms with Crippen molar-refractivity contribution in [2.75, 3.05) is 14.2 Å². The van der Waals surface area contributed by atoms with Crippen LogP contribution in [0, 0.1) is 10.1 Å². The van der Waals surface area contributed by atoms with E-state index in [-0.39, 0.29) is 5.69 Å². The van der Waals surface area contributed by atoms with Gasteiger partial charge in [0.1, 0.15) is 11.5 Å². The van der Waals surface area contributed by atoms with Crippen molar-refractivity contribution in [1.82, 2.24) is 0 Å². The lowest BCUT2D eigenvalue weighted by Gasteiger charge is -2.10. The van der Waals surface area contributed by atoms with Gasteiger partial charge in [-0.3, -0.25) is 10.1 Å². The van der Waals surface area contributed by atoms with Crippen LogP contribution in [0.3, 0.4) is 0 Å². The molecule has 0 saturated carbocycles. The topological polar surface area (TPSA) is 61.6 Å². The molecule has 27 heavy (non-hydrogen) atoms. The van der Waals surface area contributed by atoms with E-state index < -0.39 is 4.92 Å². The monoisotopic (exact) mass is 361 g/mol. The Morgan fingerprint density at radius 1 is 0.778 bits per heavy atom. The van der Waals surface area contributed by atoms with Gasteiger partial charge >= 0.3 is 0 Å². The van der Waals surface area contributed by atoms with Gasteiger partial charge < -0.3 is 9.47 Å². The van der Waals surface area contributed by atoms with Crippen LogP contribution in [-0.4, -0.2) is 19.1 Å². The molecule has 0 aromatic heterocycles. The summed E-state index contributed by atoms with van der Waals surface area (Å²) in [5.74, 6) is 1.56. The summed E-state index contributed by atoms with van der Waals surface area (Å²) in [7, 11) is 3.25. The summed E-state index contributed by atoms with van der Waals surface area (Å²) in [6.45, 7) is 0. The van der Waals surface area contributed by atoms with Crippen LogP contribution in [0.25, 0.3) is 11.6 Å². The number of benzene rings is 3. The molecule has 0 amide bonds. The number of hydrogen-bond donors (Lipinski definition) is 0. The lowest BCUT2D eigenvalue weighted by molar-refractivity contribution is -0.384. The van der Waals surface area contributed by atoms with Crippen LogP contribution < -0.4 is 9.47 Å². The zero-order valence-electron chi connectivity index (χ0n) is 15.1. The van der Waals surface area contributed by atoms with Gasteiger partial charge in [0.2, 0.25) is 0 Å². The van der Waals surface area contributed by atoms with Crippen LogP contribution in [0.1, 0.15) is 16.7 Å². The van der Waals surface area contributed by atoms with Crippen molar-refractivity contribution >= 4 is 17.3 Å². The molecule has 0 spiro atoms. The zero-order valence-corrected chi connectivity index (χ0v) is 15.1. The molecule has 3 aromatic rings. The molecule has 0 bridgehead atoms. The maximum atomic E-state index is 10.9. The van der Waals surface area contributed by atoms with E-state index in [1.807, 2.05) is 54.6 Å². The summed E-state index contributed by atoms with van der Waals surface area (Å²) < 4.78 is 10.4. The first kappa shape index (κ1) is 18.2. The number of nitro groups is 1. The highest BCUT2D eigenvalue weighted by Crippen LogP contribution is 2.29. The summed E-state index contributed by atoms with van der Waals surface area (Å²) in [5, 5.41) is 10.9. The second-order valence-corrected chi connectivity index (χ2v) is 5.86. The quantitative estimate of drug-likeness (QED) is 0.344. The van der Waals surface area contributed by atoms with Crippen molar-refractivity contribution in [3.05, 3.63) is 99.6 Å². The second-order valence-electron chi connectivity index (χ2n) is 5.86. The Balaban J connectivity index is 2.06. The van der Waals surface area contributed by atoms with Crippen molar-refractivity contribution < 1.29 is 14.4 Å². The molecule has 0 unspecified atom stereocenters. The van der Waals surface area contributed by atoms with Gasteiger partial charge in [0.25, 0.3) is 5.69 Å². The molecular formula is C22H19NO4. The summed E-state index contributed by atoms with van der Waals surface area (Å²) in [4.78, 5) is 10.5. The average Bonchev–Trinajstić information content (AvgIpc) is 2.72. The average molecular weight is 361 g/mol. The number of ether oxygens (including phenoxy) is 2. The van der Waals surface area contributed by atoms with Gasteiger partial charge in [-0.2, -0.15) is 0 Å². The predicted octanol–water partition coefficient (Wildman–Crippen LogP) is 5.20. The van der Waals surface area contributed by atoms with Crippen LogP contribution in [0.15, 0.2) is 72.8 Å². The van der Waals surface area contributed by atoms with E-state index in [1.165, 1.54) is 12.1 Å². The van der Waals surface area contributed by atoms with Crippen LogP contribution in [0.4, 0.5) is 5.69 Å². The highest BCUT2D eigenvalue weighted by molar-refractivity contribution is 5.91. The molecule has 5 nitrogen and oxygen atoms in total. The Bertz CT molecular complexity index is 943. The number of rotatable bonds is 6. The minimum atomic E-state index is -0.399. The SMILES string of the molecule is COc1ccc(/C=C(\c2ccc(OC)cc2)c2ccc([N+](=O)[O-])cc2)cc1. The number of nitro benzene ring substituents is 1. The van der Waals surface area contributed by atoms with Crippen molar-refractivity contribution in [3.63, 3.8) is 0 Å². The Kier molecular flexibility index (Phi) is 5.52. The summed E-state index contributed by atoms with van der Waals surface area (Å²) in [6, 6.07) is 22.0. The van der Waals surface area contributed by atoms with Gasteiger partial charge in [0, 0.05) is 12.1 Å². The van der Waals surface area contributed by atoms with Crippen molar-refractivity contribution in [2.45, 2.75) is 0 Å². The zero-order chi connectivity index (χ0) is 19.2. The maximum absolute atomic E-state index is 10.9. The van der Waals surface area contributed by atoms with E-state index in [2.05, 4.69) is 0 Å². The highest BCUT2D eigenvalue weighted by atomic mass is 16.6. The van der Waals surface area contributed by atoms with Crippen LogP contribution in [0.2, 0.25) is 0 Å². The van der Waals surface area contributed by atoms with E-state index in [0.717, 1.165) is 33.8 Å². The Labute approximate surface area is 157 Å². The third-order valence-electron chi connectivity index (χ3n) is 4.22. The van der Waals surface area contributed by atoms with Gasteiger partial charge in [-0.1, -0.05) is 24.3 Å². The standard InChI is InChI=1S/C22H19NO4/c1-26-20-11-3-16(4-12-20)15-22(18-7-13-21(27-2)14-8-18)17-5-9-19(10-6-17)23(24)25/h3-15H,1-2H3/b22-15-. The number of hydrogen-bond acceptors (Lipinski definition) is 4. The third kappa shape index (κ3) is 4.33.